The summed E-state index contributed by atoms with van der Waals surface area (Å²) in [4.78, 5) is 19.8. The van der Waals surface area contributed by atoms with Crippen LogP contribution in [0.15, 0.2) is 92.4 Å². The Labute approximate surface area is 209 Å². The first-order valence-electron chi connectivity index (χ1n) is 10.9. The van der Waals surface area contributed by atoms with Crippen LogP contribution in [-0.2, 0) is 7.05 Å². The van der Waals surface area contributed by atoms with Gasteiger partial charge >= 0.3 is 0 Å². The van der Waals surface area contributed by atoms with Crippen LogP contribution in [0, 0.1) is 12.7 Å². The average Bonchev–Trinajstić information content (AvgIpc) is 3.58. The molecule has 5 rings (SSSR count). The van der Waals surface area contributed by atoms with Crippen molar-refractivity contribution in [3.63, 3.8) is 0 Å². The summed E-state index contributed by atoms with van der Waals surface area (Å²) in [6.45, 7) is 3.81. The Balaban J connectivity index is 1.73. The highest BCUT2D eigenvalue weighted by atomic mass is 32.1. The zero-order chi connectivity index (χ0) is 24.5. The van der Waals surface area contributed by atoms with E-state index in [1.54, 1.807) is 37.5 Å². The Morgan fingerprint density at radius 1 is 0.971 bits per heavy atom. The Morgan fingerprint density at radius 2 is 1.71 bits per heavy atom. The molecular formula is C26H22FN5OS2. The van der Waals surface area contributed by atoms with Crippen LogP contribution >= 0.6 is 22.7 Å². The summed E-state index contributed by atoms with van der Waals surface area (Å²) < 4.78 is 18.7. The first-order valence-corrected chi connectivity index (χ1v) is 12.6. The van der Waals surface area contributed by atoms with E-state index in [9.17, 15) is 9.18 Å². The van der Waals surface area contributed by atoms with Crippen molar-refractivity contribution in [2.75, 3.05) is 0 Å². The minimum atomic E-state index is -0.305. The third-order valence-electron chi connectivity index (χ3n) is 5.68. The molecule has 2 aromatic carbocycles. The van der Waals surface area contributed by atoms with Crippen LogP contribution in [-0.4, -0.2) is 19.8 Å². The maximum atomic E-state index is 13.6. The van der Waals surface area contributed by atoms with Crippen molar-refractivity contribution in [2.24, 2.45) is 17.1 Å². The molecule has 0 amide bonds. The van der Waals surface area contributed by atoms with Gasteiger partial charge in [0.1, 0.15) is 5.82 Å². The van der Waals surface area contributed by atoms with E-state index in [-0.39, 0.29) is 11.4 Å². The molecule has 3 heterocycles. The molecule has 9 heteroatoms. The summed E-state index contributed by atoms with van der Waals surface area (Å²) in [5.41, 5.74) is 4.03. The van der Waals surface area contributed by atoms with Crippen molar-refractivity contribution >= 4 is 34.1 Å². The van der Waals surface area contributed by atoms with Gasteiger partial charge in [-0.1, -0.05) is 24.3 Å². The predicted octanol–water partition coefficient (Wildman–Crippen LogP) is 5.72. The summed E-state index contributed by atoms with van der Waals surface area (Å²) in [6, 6.07) is 19.7. The van der Waals surface area contributed by atoms with Gasteiger partial charge in [0.2, 0.25) is 4.80 Å². The van der Waals surface area contributed by atoms with Crippen LogP contribution in [0.3, 0.4) is 0 Å². The van der Waals surface area contributed by atoms with Crippen LogP contribution in [0.5, 0.6) is 0 Å². The van der Waals surface area contributed by atoms with Crippen LogP contribution in [0.1, 0.15) is 17.5 Å². The lowest BCUT2D eigenvalue weighted by Gasteiger charge is -2.07. The van der Waals surface area contributed by atoms with Crippen LogP contribution in [0.4, 0.5) is 10.1 Å². The number of para-hydroxylation sites is 1. The van der Waals surface area contributed by atoms with Gasteiger partial charge in [0.15, 0.2) is 5.69 Å². The second kappa shape index (κ2) is 9.44. The number of rotatable bonds is 5. The van der Waals surface area contributed by atoms with Gasteiger partial charge in [-0.2, -0.15) is 5.10 Å². The smallest absolute Gasteiger partial charge is 0.283 e. The second-order valence-corrected chi connectivity index (χ2v) is 9.69. The number of thiazole rings is 1. The number of hydrogen-bond acceptors (Lipinski definition) is 5. The lowest BCUT2D eigenvalue weighted by atomic mass is 10.2. The number of aromatic nitrogens is 3. The molecule has 0 N–H and O–H groups in total. The summed E-state index contributed by atoms with van der Waals surface area (Å²) >= 11 is 2.98. The highest BCUT2D eigenvalue weighted by Gasteiger charge is 2.17. The molecule has 0 spiro atoms. The topological polar surface area (TPSA) is 56.6 Å². The maximum Gasteiger partial charge on any atom is 0.297 e. The molecule has 0 aliphatic carbocycles. The highest BCUT2D eigenvalue weighted by Crippen LogP contribution is 2.23. The Hall–Kier alpha value is -3.82. The first kappa shape index (κ1) is 22.9. The molecule has 0 aliphatic rings. The van der Waals surface area contributed by atoms with Crippen molar-refractivity contribution < 1.29 is 4.39 Å². The molecule has 0 radical (unpaired) electrons. The van der Waals surface area contributed by atoms with Crippen molar-refractivity contribution in [1.82, 2.24) is 14.0 Å². The lowest BCUT2D eigenvalue weighted by Crippen LogP contribution is -2.20. The summed E-state index contributed by atoms with van der Waals surface area (Å²) in [5, 5.41) is 8.77. The lowest BCUT2D eigenvalue weighted by molar-refractivity contribution is 0.628. The second-order valence-electron chi connectivity index (χ2n) is 7.91. The van der Waals surface area contributed by atoms with E-state index in [4.69, 9.17) is 10.1 Å². The third-order valence-corrected chi connectivity index (χ3v) is 7.48. The van der Waals surface area contributed by atoms with Gasteiger partial charge in [-0.05, 0) is 61.7 Å². The van der Waals surface area contributed by atoms with Gasteiger partial charge in [-0.3, -0.25) is 9.48 Å². The number of halogens is 1. The summed E-state index contributed by atoms with van der Waals surface area (Å²) in [5.74, 6) is -0.305. The van der Waals surface area contributed by atoms with E-state index < -0.39 is 0 Å². The third kappa shape index (κ3) is 4.36. The van der Waals surface area contributed by atoms with Gasteiger partial charge in [0, 0.05) is 18.0 Å². The molecular weight excluding hydrogens is 481 g/mol. The fourth-order valence-corrected chi connectivity index (χ4v) is 5.26. The molecule has 3 aromatic heterocycles. The average molecular weight is 504 g/mol. The summed E-state index contributed by atoms with van der Waals surface area (Å²) in [6.07, 6.45) is 0. The molecule has 0 fully saturated rings. The molecule has 6 nitrogen and oxygen atoms in total. The van der Waals surface area contributed by atoms with Crippen LogP contribution in [0.2, 0.25) is 0 Å². The van der Waals surface area contributed by atoms with Crippen molar-refractivity contribution in [1.29, 1.82) is 0 Å². The fraction of sp³-hybridized carbons (Fsp3) is 0.115. The molecule has 5 aromatic rings. The van der Waals surface area contributed by atoms with Crippen molar-refractivity contribution in [2.45, 2.75) is 13.8 Å². The Kier molecular flexibility index (Phi) is 6.19. The number of nitrogens with zero attached hydrogens (tertiary/aromatic N) is 5. The first-order chi connectivity index (χ1) is 16.9. The molecule has 0 aliphatic heterocycles. The molecule has 0 unspecified atom stereocenters. The minimum Gasteiger partial charge on any atom is -0.283 e. The van der Waals surface area contributed by atoms with Gasteiger partial charge in [-0.15, -0.1) is 22.7 Å². The fourth-order valence-electron chi connectivity index (χ4n) is 3.76. The van der Waals surface area contributed by atoms with E-state index in [1.807, 2.05) is 74.1 Å². The Bertz CT molecular complexity index is 1640. The largest absolute Gasteiger partial charge is 0.297 e. The molecule has 35 heavy (non-hydrogen) atoms. The van der Waals surface area contributed by atoms with Crippen LogP contribution in [0.25, 0.3) is 16.9 Å². The molecule has 0 bridgehead atoms. The SMILES string of the molecule is CC(=Nn1c(-c2ccc(F)cc2)csc1=Nc1c(C)n(C)n(-c2ccccc2)c1=O)c1cccs1. The monoisotopic (exact) mass is 503 g/mol. The van der Waals surface area contributed by atoms with E-state index in [0.717, 1.165) is 33.2 Å². The quantitative estimate of drug-likeness (QED) is 0.283. The van der Waals surface area contributed by atoms with Gasteiger partial charge in [0.25, 0.3) is 5.56 Å². The van der Waals surface area contributed by atoms with Crippen molar-refractivity contribution in [3.05, 3.63) is 109 Å². The zero-order valence-corrected chi connectivity index (χ0v) is 21.0. The molecule has 0 atom stereocenters. The van der Waals surface area contributed by atoms with Crippen LogP contribution < -0.4 is 10.4 Å². The Morgan fingerprint density at radius 3 is 2.40 bits per heavy atom. The minimum absolute atomic E-state index is 0.210. The van der Waals surface area contributed by atoms with Gasteiger partial charge in [-0.25, -0.2) is 18.7 Å². The van der Waals surface area contributed by atoms with Crippen molar-refractivity contribution in [3.8, 4) is 16.9 Å². The van der Waals surface area contributed by atoms with E-state index in [1.165, 1.54) is 23.5 Å². The number of benzene rings is 2. The van der Waals surface area contributed by atoms with Gasteiger partial charge < -0.3 is 0 Å². The van der Waals surface area contributed by atoms with E-state index in [2.05, 4.69) is 0 Å². The highest BCUT2D eigenvalue weighted by molar-refractivity contribution is 7.12. The standard InChI is InChI=1S/C26H22FN5OS2/c1-17(23-10-7-15-34-23)29-31-22(19-11-13-20(27)14-12-19)16-35-26(31)28-24-18(2)30(3)32(25(24)33)21-8-5-4-6-9-21/h4-16H,1-3H3. The molecule has 176 valence electrons. The van der Waals surface area contributed by atoms with E-state index in [0.29, 0.717) is 10.5 Å². The predicted molar refractivity (Wildman–Crippen MR) is 141 cm³/mol. The summed E-state index contributed by atoms with van der Waals surface area (Å²) in [7, 11) is 1.84. The normalized spacial score (nSPS) is 12.5. The number of hydrogen-bond donors (Lipinski definition) is 0. The van der Waals surface area contributed by atoms with E-state index >= 15 is 0 Å². The number of thiophene rings is 1. The van der Waals surface area contributed by atoms with Gasteiger partial charge in [0.05, 0.1) is 27.7 Å². The molecule has 0 saturated heterocycles. The molecule has 0 saturated carbocycles. The zero-order valence-electron chi connectivity index (χ0n) is 19.3. The maximum absolute atomic E-state index is 13.6.